The Morgan fingerprint density at radius 2 is 1.89 bits per heavy atom. The molecule has 1 aliphatic rings. The lowest BCUT2D eigenvalue weighted by molar-refractivity contribution is 0.120. The minimum absolute atomic E-state index is 0.261. The van der Waals surface area contributed by atoms with Gasteiger partial charge in [-0.3, -0.25) is 0 Å². The van der Waals surface area contributed by atoms with Gasteiger partial charge < -0.3 is 20.1 Å². The molecule has 1 unspecified atom stereocenters. The first-order valence-corrected chi connectivity index (χ1v) is 9.14. The van der Waals surface area contributed by atoms with E-state index in [4.69, 9.17) is 9.47 Å². The van der Waals surface area contributed by atoms with E-state index < -0.39 is 0 Å². The molecule has 1 atom stereocenters. The maximum atomic E-state index is 5.98. The number of rotatable bonds is 7. The highest BCUT2D eigenvalue weighted by molar-refractivity contribution is 5.63. The van der Waals surface area contributed by atoms with Gasteiger partial charge in [0.1, 0.15) is 11.6 Å². The third kappa shape index (κ3) is 4.74. The Kier molecular flexibility index (Phi) is 5.45. The fourth-order valence-corrected chi connectivity index (χ4v) is 2.94. The maximum absolute atomic E-state index is 5.98. The minimum Gasteiger partial charge on any atom is -0.455 e. The Morgan fingerprint density at radius 1 is 1.04 bits per heavy atom. The van der Waals surface area contributed by atoms with Gasteiger partial charge in [0.25, 0.3) is 0 Å². The number of aromatic nitrogens is 2. The van der Waals surface area contributed by atoms with Crippen LogP contribution in [0, 0.1) is 0 Å². The predicted molar refractivity (Wildman–Crippen MR) is 106 cm³/mol. The minimum atomic E-state index is 0.261. The van der Waals surface area contributed by atoms with Crippen molar-refractivity contribution in [1.29, 1.82) is 0 Å². The van der Waals surface area contributed by atoms with Gasteiger partial charge in [0, 0.05) is 19.3 Å². The van der Waals surface area contributed by atoms with E-state index in [0.717, 1.165) is 43.2 Å². The lowest BCUT2D eigenvalue weighted by Gasteiger charge is -2.14. The normalized spacial score (nSPS) is 16.1. The smallest absolute Gasteiger partial charge is 0.229 e. The van der Waals surface area contributed by atoms with E-state index >= 15 is 0 Å². The van der Waals surface area contributed by atoms with Crippen molar-refractivity contribution in [3.8, 4) is 11.5 Å². The molecule has 2 heterocycles. The molecule has 0 bridgehead atoms. The third-order valence-corrected chi connectivity index (χ3v) is 4.29. The van der Waals surface area contributed by atoms with Crippen LogP contribution in [0.25, 0.3) is 0 Å². The van der Waals surface area contributed by atoms with Crippen molar-refractivity contribution < 1.29 is 9.47 Å². The largest absolute Gasteiger partial charge is 0.455 e. The molecule has 1 aromatic heterocycles. The predicted octanol–water partition coefficient (Wildman–Crippen LogP) is 4.60. The van der Waals surface area contributed by atoms with Crippen LogP contribution in [0.2, 0.25) is 0 Å². The highest BCUT2D eigenvalue weighted by Crippen LogP contribution is 2.30. The first-order valence-electron chi connectivity index (χ1n) is 9.14. The van der Waals surface area contributed by atoms with Crippen molar-refractivity contribution >= 4 is 17.5 Å². The van der Waals surface area contributed by atoms with Crippen LogP contribution in [-0.2, 0) is 4.74 Å². The average Bonchev–Trinajstić information content (AvgIpc) is 3.23. The van der Waals surface area contributed by atoms with Crippen molar-refractivity contribution in [2.24, 2.45) is 0 Å². The molecule has 2 N–H and O–H groups in total. The van der Waals surface area contributed by atoms with Gasteiger partial charge in [-0.2, -0.15) is 4.98 Å². The SMILES string of the molecule is c1ccc(Oc2ccccc2Nc2nccc(NCC3CCCO3)n2)cc1. The van der Waals surface area contributed by atoms with Crippen LogP contribution in [0.1, 0.15) is 12.8 Å². The monoisotopic (exact) mass is 362 g/mol. The summed E-state index contributed by atoms with van der Waals surface area (Å²) in [5.74, 6) is 2.77. The van der Waals surface area contributed by atoms with Crippen LogP contribution < -0.4 is 15.4 Å². The summed E-state index contributed by atoms with van der Waals surface area (Å²) in [5.41, 5.74) is 0.803. The number of benzene rings is 2. The van der Waals surface area contributed by atoms with E-state index in [1.807, 2.05) is 60.7 Å². The van der Waals surface area contributed by atoms with E-state index in [2.05, 4.69) is 20.6 Å². The second-order valence-electron chi connectivity index (χ2n) is 6.32. The van der Waals surface area contributed by atoms with E-state index in [1.54, 1.807) is 6.20 Å². The van der Waals surface area contributed by atoms with Crippen LogP contribution >= 0.6 is 0 Å². The van der Waals surface area contributed by atoms with Gasteiger partial charge in [-0.05, 0) is 43.2 Å². The zero-order valence-corrected chi connectivity index (χ0v) is 15.0. The molecule has 0 saturated carbocycles. The number of hydrogen-bond donors (Lipinski definition) is 2. The third-order valence-electron chi connectivity index (χ3n) is 4.29. The quantitative estimate of drug-likeness (QED) is 0.640. The van der Waals surface area contributed by atoms with E-state index in [0.29, 0.717) is 11.7 Å². The first kappa shape index (κ1) is 17.3. The Labute approximate surface area is 158 Å². The van der Waals surface area contributed by atoms with Crippen molar-refractivity contribution in [3.63, 3.8) is 0 Å². The maximum Gasteiger partial charge on any atom is 0.229 e. The van der Waals surface area contributed by atoms with Crippen LogP contribution in [0.15, 0.2) is 66.9 Å². The van der Waals surface area contributed by atoms with Crippen molar-refractivity contribution in [1.82, 2.24) is 9.97 Å². The molecule has 2 aromatic carbocycles. The van der Waals surface area contributed by atoms with Gasteiger partial charge in [0.15, 0.2) is 5.75 Å². The Bertz CT molecular complexity index is 867. The van der Waals surface area contributed by atoms with E-state index in [-0.39, 0.29) is 6.10 Å². The molecular formula is C21H22N4O2. The van der Waals surface area contributed by atoms with Crippen LogP contribution in [0.3, 0.4) is 0 Å². The molecule has 1 aliphatic heterocycles. The summed E-state index contributed by atoms with van der Waals surface area (Å²) < 4.78 is 11.6. The van der Waals surface area contributed by atoms with E-state index in [1.165, 1.54) is 0 Å². The zero-order chi connectivity index (χ0) is 18.3. The summed E-state index contributed by atoms with van der Waals surface area (Å²) >= 11 is 0. The fraction of sp³-hybridized carbons (Fsp3) is 0.238. The number of nitrogens with zero attached hydrogens (tertiary/aromatic N) is 2. The summed E-state index contributed by atoms with van der Waals surface area (Å²) in [7, 11) is 0. The number of anilines is 3. The molecule has 0 amide bonds. The highest BCUT2D eigenvalue weighted by Gasteiger charge is 2.15. The zero-order valence-electron chi connectivity index (χ0n) is 15.0. The number of hydrogen-bond acceptors (Lipinski definition) is 6. The first-order chi connectivity index (χ1) is 13.4. The molecule has 0 spiro atoms. The lowest BCUT2D eigenvalue weighted by Crippen LogP contribution is -2.19. The Morgan fingerprint density at radius 3 is 2.74 bits per heavy atom. The molecule has 138 valence electrons. The van der Waals surface area contributed by atoms with Crippen molar-refractivity contribution in [2.75, 3.05) is 23.8 Å². The summed E-state index contributed by atoms with van der Waals surface area (Å²) in [6, 6.07) is 19.3. The van der Waals surface area contributed by atoms with Crippen molar-refractivity contribution in [3.05, 3.63) is 66.9 Å². The molecule has 27 heavy (non-hydrogen) atoms. The molecule has 4 rings (SSSR count). The molecule has 3 aromatic rings. The standard InChI is InChI=1S/C21H22N4O2/c1-2-7-16(8-3-1)27-19-11-5-4-10-18(19)24-21-22-13-12-20(25-21)23-15-17-9-6-14-26-17/h1-5,7-8,10-13,17H,6,9,14-15H2,(H2,22,23,24,25). The highest BCUT2D eigenvalue weighted by atomic mass is 16.5. The second-order valence-corrected chi connectivity index (χ2v) is 6.32. The number of para-hydroxylation sites is 3. The summed E-state index contributed by atoms with van der Waals surface area (Å²) in [6.45, 7) is 1.60. The van der Waals surface area contributed by atoms with Gasteiger partial charge in [0.2, 0.25) is 5.95 Å². The molecular weight excluding hydrogens is 340 g/mol. The molecule has 1 fully saturated rings. The lowest BCUT2D eigenvalue weighted by atomic mass is 10.2. The Hall–Kier alpha value is -3.12. The molecule has 6 heteroatoms. The summed E-state index contributed by atoms with van der Waals surface area (Å²) in [5, 5.41) is 6.56. The molecule has 0 radical (unpaired) electrons. The van der Waals surface area contributed by atoms with Gasteiger partial charge in [0.05, 0.1) is 11.8 Å². The Balaban J connectivity index is 1.45. The van der Waals surface area contributed by atoms with Gasteiger partial charge >= 0.3 is 0 Å². The van der Waals surface area contributed by atoms with Gasteiger partial charge in [-0.25, -0.2) is 4.98 Å². The summed E-state index contributed by atoms with van der Waals surface area (Å²) in [6.07, 6.45) is 4.21. The number of ether oxygens (including phenoxy) is 2. The molecule has 0 aliphatic carbocycles. The van der Waals surface area contributed by atoms with Crippen LogP contribution in [0.5, 0.6) is 11.5 Å². The topological polar surface area (TPSA) is 68.3 Å². The number of nitrogens with one attached hydrogen (secondary N) is 2. The fourth-order valence-electron chi connectivity index (χ4n) is 2.94. The molecule has 1 saturated heterocycles. The van der Waals surface area contributed by atoms with E-state index in [9.17, 15) is 0 Å². The van der Waals surface area contributed by atoms with Gasteiger partial charge in [-0.15, -0.1) is 0 Å². The molecule has 6 nitrogen and oxygen atoms in total. The van der Waals surface area contributed by atoms with Crippen LogP contribution in [0.4, 0.5) is 17.5 Å². The second kappa shape index (κ2) is 8.51. The summed E-state index contributed by atoms with van der Waals surface area (Å²) in [4.78, 5) is 8.85. The van der Waals surface area contributed by atoms with Crippen LogP contribution in [-0.4, -0.2) is 29.2 Å². The van der Waals surface area contributed by atoms with Crippen molar-refractivity contribution in [2.45, 2.75) is 18.9 Å². The average molecular weight is 362 g/mol. The van der Waals surface area contributed by atoms with Gasteiger partial charge in [-0.1, -0.05) is 30.3 Å².